The minimum absolute atomic E-state index is 0.259. The molecule has 1 fully saturated rings. The molecule has 0 spiro atoms. The number of ether oxygens (including phenoxy) is 1. The molecule has 0 saturated carbocycles. The second-order valence-corrected chi connectivity index (χ2v) is 7.80. The fraction of sp³-hybridized carbons (Fsp3) is 0.632. The predicted molar refractivity (Wildman–Crippen MR) is 96.4 cm³/mol. The van der Waals surface area contributed by atoms with Gasteiger partial charge in [-0.15, -0.1) is 0 Å². The Morgan fingerprint density at radius 3 is 2.29 bits per heavy atom. The van der Waals surface area contributed by atoms with E-state index >= 15 is 0 Å². The van der Waals surface area contributed by atoms with Crippen LogP contribution in [0.3, 0.4) is 0 Å². The van der Waals surface area contributed by atoms with Gasteiger partial charge in [-0.1, -0.05) is 30.3 Å². The number of likely N-dealkylation sites (tertiary alicyclic amines) is 1. The second kappa shape index (κ2) is 7.99. The minimum Gasteiger partial charge on any atom is -0.443 e. The summed E-state index contributed by atoms with van der Waals surface area (Å²) in [7, 11) is 0. The number of hydrazine groups is 1. The van der Waals surface area contributed by atoms with Crippen LogP contribution in [0.25, 0.3) is 0 Å². The van der Waals surface area contributed by atoms with Gasteiger partial charge in [0.05, 0.1) is 0 Å². The summed E-state index contributed by atoms with van der Waals surface area (Å²) >= 11 is 0. The van der Waals surface area contributed by atoms with E-state index in [0.717, 1.165) is 19.4 Å². The molecule has 2 atom stereocenters. The van der Waals surface area contributed by atoms with Gasteiger partial charge in [0.2, 0.25) is 0 Å². The van der Waals surface area contributed by atoms with Gasteiger partial charge in [0.15, 0.2) is 0 Å². The molecule has 5 nitrogen and oxygen atoms in total. The van der Waals surface area contributed by atoms with Gasteiger partial charge < -0.3 is 4.74 Å². The van der Waals surface area contributed by atoms with E-state index < -0.39 is 11.7 Å². The van der Waals surface area contributed by atoms with Crippen LogP contribution < -0.4 is 10.9 Å². The Bertz CT molecular complexity index is 515. The third-order valence-corrected chi connectivity index (χ3v) is 4.37. The largest absolute Gasteiger partial charge is 0.443 e. The number of carbonyl (C=O) groups excluding carboxylic acids is 1. The molecule has 1 aliphatic heterocycles. The molecule has 24 heavy (non-hydrogen) atoms. The van der Waals surface area contributed by atoms with Crippen molar-refractivity contribution in [3.05, 3.63) is 35.9 Å². The normalized spacial score (nSPS) is 25.3. The van der Waals surface area contributed by atoms with Crippen LogP contribution in [-0.4, -0.2) is 34.7 Å². The third kappa shape index (κ3) is 5.80. The van der Waals surface area contributed by atoms with E-state index in [1.807, 2.05) is 20.8 Å². The summed E-state index contributed by atoms with van der Waals surface area (Å²) in [5.41, 5.74) is 6.68. The Balaban J connectivity index is 1.83. The van der Waals surface area contributed by atoms with Crippen molar-refractivity contribution in [2.24, 2.45) is 0 Å². The second-order valence-electron chi connectivity index (χ2n) is 7.80. The molecule has 1 aliphatic rings. The highest BCUT2D eigenvalue weighted by Crippen LogP contribution is 2.25. The Morgan fingerprint density at radius 1 is 1.17 bits per heavy atom. The number of piperidine rings is 1. The highest BCUT2D eigenvalue weighted by Gasteiger charge is 2.31. The molecule has 0 aromatic heterocycles. The summed E-state index contributed by atoms with van der Waals surface area (Å²) in [4.78, 5) is 14.3. The lowest BCUT2D eigenvalue weighted by Gasteiger charge is -2.43. The van der Waals surface area contributed by atoms with Crippen LogP contribution in [0.15, 0.2) is 30.3 Å². The molecular formula is C19H31N3O2. The number of benzene rings is 1. The van der Waals surface area contributed by atoms with E-state index in [0.29, 0.717) is 12.1 Å². The van der Waals surface area contributed by atoms with Crippen LogP contribution in [0.5, 0.6) is 0 Å². The zero-order valence-corrected chi connectivity index (χ0v) is 15.5. The van der Waals surface area contributed by atoms with Gasteiger partial charge in [-0.3, -0.25) is 10.3 Å². The lowest BCUT2D eigenvalue weighted by Crippen LogP contribution is -2.55. The minimum atomic E-state index is -0.481. The van der Waals surface area contributed by atoms with Crippen LogP contribution in [0.2, 0.25) is 0 Å². The van der Waals surface area contributed by atoms with Crippen molar-refractivity contribution in [3.8, 4) is 0 Å². The maximum atomic E-state index is 11.8. The highest BCUT2D eigenvalue weighted by atomic mass is 16.6. The topological polar surface area (TPSA) is 53.6 Å². The Kier molecular flexibility index (Phi) is 6.24. The fourth-order valence-corrected chi connectivity index (χ4v) is 3.31. The first-order valence-electron chi connectivity index (χ1n) is 8.79. The van der Waals surface area contributed by atoms with Crippen molar-refractivity contribution in [2.75, 3.05) is 0 Å². The summed E-state index contributed by atoms with van der Waals surface area (Å²) in [6, 6.07) is 11.7. The summed E-state index contributed by atoms with van der Waals surface area (Å²) < 4.78 is 5.26. The van der Waals surface area contributed by atoms with E-state index in [4.69, 9.17) is 4.74 Å². The van der Waals surface area contributed by atoms with Gasteiger partial charge in [0.25, 0.3) is 0 Å². The van der Waals surface area contributed by atoms with Crippen LogP contribution >= 0.6 is 0 Å². The van der Waals surface area contributed by atoms with E-state index in [2.05, 4.69) is 59.9 Å². The Hall–Kier alpha value is -1.59. The summed E-state index contributed by atoms with van der Waals surface area (Å²) in [6.07, 6.45) is 1.56. The number of nitrogens with one attached hydrogen (secondary N) is 2. The van der Waals surface area contributed by atoms with Crippen molar-refractivity contribution in [1.82, 2.24) is 15.8 Å². The Labute approximate surface area is 145 Å². The molecule has 0 aliphatic carbocycles. The predicted octanol–water partition coefficient (Wildman–Crippen LogP) is 3.46. The molecular weight excluding hydrogens is 302 g/mol. The first-order chi connectivity index (χ1) is 11.2. The van der Waals surface area contributed by atoms with Crippen molar-refractivity contribution in [2.45, 2.75) is 77.7 Å². The number of nitrogens with zero attached hydrogens (tertiary/aromatic N) is 1. The highest BCUT2D eigenvalue weighted by molar-refractivity contribution is 5.67. The maximum absolute atomic E-state index is 11.8. The quantitative estimate of drug-likeness (QED) is 0.829. The van der Waals surface area contributed by atoms with Gasteiger partial charge in [0.1, 0.15) is 5.60 Å². The average Bonchev–Trinajstić information content (AvgIpc) is 2.48. The summed E-state index contributed by atoms with van der Waals surface area (Å²) in [6.45, 7) is 11.0. The number of hydrogen-bond donors (Lipinski definition) is 2. The summed E-state index contributed by atoms with van der Waals surface area (Å²) in [5, 5.41) is 0. The van der Waals surface area contributed by atoms with Crippen molar-refractivity contribution < 1.29 is 9.53 Å². The average molecular weight is 333 g/mol. The zero-order valence-electron chi connectivity index (χ0n) is 15.5. The molecule has 1 aromatic carbocycles. The van der Waals surface area contributed by atoms with Gasteiger partial charge in [-0.2, -0.15) is 0 Å². The van der Waals surface area contributed by atoms with Crippen LogP contribution in [-0.2, 0) is 11.3 Å². The van der Waals surface area contributed by atoms with E-state index in [-0.39, 0.29) is 6.04 Å². The van der Waals surface area contributed by atoms with Crippen LogP contribution in [0.4, 0.5) is 4.79 Å². The van der Waals surface area contributed by atoms with E-state index in [1.54, 1.807) is 0 Å². The molecule has 0 unspecified atom stereocenters. The smallest absolute Gasteiger partial charge is 0.422 e. The SMILES string of the molecule is C[C@H]1CC(NNC(=O)OC(C)(C)C)C[C@H](C)N1Cc1ccccc1. The molecule has 1 amide bonds. The van der Waals surface area contributed by atoms with Crippen LogP contribution in [0, 0.1) is 0 Å². The van der Waals surface area contributed by atoms with Crippen molar-refractivity contribution in [3.63, 3.8) is 0 Å². The molecule has 5 heteroatoms. The first-order valence-corrected chi connectivity index (χ1v) is 8.79. The molecule has 1 saturated heterocycles. The molecule has 1 heterocycles. The molecule has 1 aromatic rings. The lowest BCUT2D eigenvalue weighted by molar-refractivity contribution is 0.0414. The van der Waals surface area contributed by atoms with Gasteiger partial charge >= 0.3 is 6.09 Å². The third-order valence-electron chi connectivity index (χ3n) is 4.37. The number of hydrogen-bond acceptors (Lipinski definition) is 4. The Morgan fingerprint density at radius 2 is 1.75 bits per heavy atom. The number of carbonyl (C=O) groups is 1. The number of amides is 1. The maximum Gasteiger partial charge on any atom is 0.422 e. The van der Waals surface area contributed by atoms with E-state index in [1.165, 1.54) is 5.56 Å². The van der Waals surface area contributed by atoms with Gasteiger partial charge in [0, 0.05) is 24.7 Å². The molecule has 0 bridgehead atoms. The zero-order chi connectivity index (χ0) is 17.7. The standard InChI is InChI=1S/C19H31N3O2/c1-14-11-17(20-21-18(23)24-19(3,4)5)12-15(2)22(14)13-16-9-7-6-8-10-16/h6-10,14-15,17,20H,11-13H2,1-5H3,(H,21,23)/t14-,15-/m0/s1. The monoisotopic (exact) mass is 333 g/mol. The first kappa shape index (κ1) is 18.7. The van der Waals surface area contributed by atoms with Gasteiger partial charge in [-0.25, -0.2) is 10.2 Å². The molecule has 0 radical (unpaired) electrons. The van der Waals surface area contributed by atoms with Gasteiger partial charge in [-0.05, 0) is 53.0 Å². The molecule has 134 valence electrons. The number of rotatable bonds is 4. The fourth-order valence-electron chi connectivity index (χ4n) is 3.31. The molecule has 2 N–H and O–H groups in total. The van der Waals surface area contributed by atoms with Crippen molar-refractivity contribution >= 4 is 6.09 Å². The van der Waals surface area contributed by atoms with Crippen molar-refractivity contribution in [1.29, 1.82) is 0 Å². The molecule has 2 rings (SSSR count). The van der Waals surface area contributed by atoms with E-state index in [9.17, 15) is 4.79 Å². The summed E-state index contributed by atoms with van der Waals surface area (Å²) in [5.74, 6) is 0. The van der Waals surface area contributed by atoms with Crippen LogP contribution in [0.1, 0.15) is 53.0 Å². The lowest BCUT2D eigenvalue weighted by atomic mass is 9.92.